The second-order valence-electron chi connectivity index (χ2n) is 8.88. The Hall–Kier alpha value is -5.40. The summed E-state index contributed by atoms with van der Waals surface area (Å²) in [6, 6.07) is -9.26. The quantitative estimate of drug-likeness (QED) is 0.201. The van der Waals surface area contributed by atoms with E-state index in [1.165, 1.54) is 0 Å². The third-order valence-electron chi connectivity index (χ3n) is 6.62. The van der Waals surface area contributed by atoms with Crippen LogP contribution in [0.3, 0.4) is 0 Å². The molecule has 192 valence electrons. The Balaban J connectivity index is 1.80. The van der Waals surface area contributed by atoms with Gasteiger partial charge in [0.05, 0.1) is 28.8 Å². The van der Waals surface area contributed by atoms with E-state index in [9.17, 15) is 8.22 Å². The highest BCUT2D eigenvalue weighted by Gasteiger charge is 2.24. The van der Waals surface area contributed by atoms with Crippen molar-refractivity contribution < 1.29 is 33.2 Å². The van der Waals surface area contributed by atoms with E-state index in [1.54, 1.807) is 30.3 Å². The van der Waals surface area contributed by atoms with Crippen LogP contribution in [-0.2, 0) is 0 Å². The van der Waals surface area contributed by atoms with E-state index in [-0.39, 0.29) is 21.9 Å². The van der Waals surface area contributed by atoms with Gasteiger partial charge in [-0.05, 0) is 55.9 Å². The molecule has 0 atom stereocenters. The van der Waals surface area contributed by atoms with Gasteiger partial charge >= 0.3 is 0 Å². The minimum atomic E-state index is -0.885. The summed E-state index contributed by atoms with van der Waals surface area (Å²) >= 11 is 0. The Morgan fingerprint density at radius 1 is 0.390 bits per heavy atom. The maximum absolute atomic E-state index is 9.73. The SMILES string of the molecule is [2H]c1c([2H])c([2H])c(-c2oc3c([2H])c([2H])c(-c4c([2H])c([2H])c([2H])c([2H])c4[2H])c([2H])c3c2-c2c3c([2H])c([2H])c([2H])c([2H])c3c(-c3ccccc3)c3c([2H])c([2H])c([2H])c([2H])c23)c([2H])c1[2H]. The average Bonchev–Trinajstić information content (AvgIpc) is 3.65. The first-order valence-electron chi connectivity index (χ1n) is 22.8. The van der Waals surface area contributed by atoms with Gasteiger partial charge in [-0.15, -0.1) is 0 Å². The number of hydrogen-bond acceptors (Lipinski definition) is 1. The Bertz CT molecular complexity index is 3220. The average molecular weight is 544 g/mol. The number of fused-ring (bicyclic) bond motifs is 3. The zero-order valence-electron chi connectivity index (χ0n) is 41.8. The minimum Gasteiger partial charge on any atom is -0.455 e. The van der Waals surface area contributed by atoms with E-state index >= 15 is 0 Å². The molecule has 0 spiro atoms. The van der Waals surface area contributed by atoms with E-state index in [0.717, 1.165) is 0 Å². The Kier molecular flexibility index (Phi) is 2.48. The van der Waals surface area contributed by atoms with Crippen LogP contribution in [0, 0.1) is 0 Å². The van der Waals surface area contributed by atoms with Gasteiger partial charge in [0.15, 0.2) is 0 Å². The molecular weight excluding hydrogens is 496 g/mol. The zero-order valence-corrected chi connectivity index (χ0v) is 20.8. The largest absolute Gasteiger partial charge is 0.455 e. The summed E-state index contributed by atoms with van der Waals surface area (Å²) in [5.74, 6) is -0.730. The van der Waals surface area contributed by atoms with Crippen LogP contribution in [-0.4, -0.2) is 0 Å². The fourth-order valence-corrected chi connectivity index (χ4v) is 4.96. The van der Waals surface area contributed by atoms with Crippen molar-refractivity contribution in [2.24, 2.45) is 0 Å². The third kappa shape index (κ3) is 3.86. The van der Waals surface area contributed by atoms with E-state index in [0.29, 0.717) is 0 Å². The van der Waals surface area contributed by atoms with Crippen LogP contribution in [0.2, 0.25) is 0 Å². The van der Waals surface area contributed by atoms with Gasteiger partial charge in [0, 0.05) is 22.1 Å². The molecule has 0 amide bonds. The van der Waals surface area contributed by atoms with Gasteiger partial charge in [-0.1, -0.05) is 145 Å². The van der Waals surface area contributed by atoms with Crippen LogP contribution in [0.4, 0.5) is 0 Å². The number of rotatable bonds is 4. The first-order valence-corrected chi connectivity index (χ1v) is 12.3. The normalized spacial score (nSPS) is 18.6. The topological polar surface area (TPSA) is 13.1 Å². The molecule has 0 N–H and O–H groups in total. The summed E-state index contributed by atoms with van der Waals surface area (Å²) in [5, 5.41) is -2.04. The van der Waals surface area contributed by atoms with Crippen molar-refractivity contribution >= 4 is 32.5 Å². The Labute approximate surface area is 268 Å². The van der Waals surface area contributed by atoms with Gasteiger partial charge < -0.3 is 4.42 Å². The molecule has 1 heteroatoms. The summed E-state index contributed by atoms with van der Waals surface area (Å²) in [6.07, 6.45) is 0. The van der Waals surface area contributed by atoms with Gasteiger partial charge in [0.1, 0.15) is 11.3 Å². The first kappa shape index (κ1) is 10.5. The summed E-state index contributed by atoms with van der Waals surface area (Å²) in [5.41, 5.74) is -3.65. The Morgan fingerprint density at radius 3 is 1.54 bits per heavy atom. The number of benzene rings is 7. The van der Waals surface area contributed by atoms with E-state index in [1.807, 2.05) is 0 Å². The van der Waals surface area contributed by atoms with Crippen molar-refractivity contribution in [2.75, 3.05) is 0 Å². The molecule has 0 saturated heterocycles. The molecule has 1 nitrogen and oxygen atoms in total. The molecule has 0 aliphatic carbocycles. The van der Waals surface area contributed by atoms with Gasteiger partial charge in [-0.3, -0.25) is 0 Å². The molecule has 1 heterocycles. The summed E-state index contributed by atoms with van der Waals surface area (Å²) < 4.78 is 193. The maximum Gasteiger partial charge on any atom is 0.143 e. The summed E-state index contributed by atoms with van der Waals surface area (Å²) in [6.45, 7) is 0. The third-order valence-corrected chi connectivity index (χ3v) is 6.62. The molecule has 0 unspecified atom stereocenters. The number of furan rings is 1. The zero-order chi connectivity index (χ0) is 45.4. The van der Waals surface area contributed by atoms with Crippen LogP contribution in [0.15, 0.2) is 162 Å². The van der Waals surface area contributed by atoms with Crippen molar-refractivity contribution in [1.29, 1.82) is 0 Å². The van der Waals surface area contributed by atoms with Crippen molar-refractivity contribution in [3.05, 3.63) is 157 Å². The lowest BCUT2D eigenvalue weighted by Gasteiger charge is -2.18. The molecule has 0 radical (unpaired) electrons. The minimum absolute atomic E-state index is 0.0592. The molecule has 8 rings (SSSR count). The maximum atomic E-state index is 9.73. The van der Waals surface area contributed by atoms with Gasteiger partial charge in [0.2, 0.25) is 0 Å². The summed E-state index contributed by atoms with van der Waals surface area (Å²) in [7, 11) is 0. The van der Waals surface area contributed by atoms with Crippen molar-refractivity contribution in [1.82, 2.24) is 0 Å². The van der Waals surface area contributed by atoms with Crippen LogP contribution in [0.1, 0.15) is 28.8 Å². The lowest BCUT2D eigenvalue weighted by molar-refractivity contribution is 0.632. The van der Waals surface area contributed by atoms with Gasteiger partial charge in [-0.2, -0.15) is 0 Å². The second kappa shape index (κ2) is 9.66. The van der Waals surface area contributed by atoms with Crippen LogP contribution >= 0.6 is 0 Å². The van der Waals surface area contributed by atoms with Crippen LogP contribution in [0.25, 0.3) is 77.2 Å². The van der Waals surface area contributed by atoms with Crippen LogP contribution in [0.5, 0.6) is 0 Å². The highest BCUT2D eigenvalue weighted by atomic mass is 16.3. The van der Waals surface area contributed by atoms with Gasteiger partial charge in [-0.25, -0.2) is 0 Å². The molecule has 41 heavy (non-hydrogen) atoms. The second-order valence-corrected chi connectivity index (χ2v) is 8.88. The first-order chi connectivity index (χ1) is 29.1. The van der Waals surface area contributed by atoms with Crippen molar-refractivity contribution in [2.45, 2.75) is 0 Å². The monoisotopic (exact) mass is 543 g/mol. The van der Waals surface area contributed by atoms with E-state index in [2.05, 4.69) is 0 Å². The lowest BCUT2D eigenvalue weighted by Crippen LogP contribution is -1.91. The predicted molar refractivity (Wildman–Crippen MR) is 173 cm³/mol. The molecule has 7 aromatic carbocycles. The molecular formula is C40H26O. The van der Waals surface area contributed by atoms with Crippen LogP contribution < -0.4 is 0 Å². The van der Waals surface area contributed by atoms with E-state index < -0.39 is 182 Å². The Morgan fingerprint density at radius 2 is 0.927 bits per heavy atom. The fraction of sp³-hybridized carbons (Fsp3) is 0. The van der Waals surface area contributed by atoms with Crippen molar-refractivity contribution in [3.8, 4) is 44.7 Å². The molecule has 0 aliphatic rings. The van der Waals surface area contributed by atoms with E-state index in [4.69, 9.17) is 25.0 Å². The summed E-state index contributed by atoms with van der Waals surface area (Å²) in [4.78, 5) is 0. The fourth-order valence-electron chi connectivity index (χ4n) is 4.96. The number of hydrogen-bond donors (Lipinski definition) is 0. The molecule has 0 aliphatic heterocycles. The standard InChI is InChI=1S/C40H26O/c1-4-14-27(15-5-1)30-24-25-36-35(26-30)39(40(41-36)29-18-8-3-9-19-29)38-33-22-12-10-20-31(33)37(28-16-6-2-7-17-28)32-21-11-13-23-34(32)38/h1-26H/i1D,3D,4D,5D,8D,9D,10D,11D,12D,13D,14D,15D,18D,19D,20D,21D,22D,23D,24D,25D,26D. The van der Waals surface area contributed by atoms with Gasteiger partial charge in [0.25, 0.3) is 0 Å². The predicted octanol–water partition coefficient (Wildman–Crippen LogP) is 11.4. The lowest BCUT2D eigenvalue weighted by atomic mass is 9.84. The van der Waals surface area contributed by atoms with Crippen molar-refractivity contribution in [3.63, 3.8) is 0 Å². The highest BCUT2D eigenvalue weighted by molar-refractivity contribution is 6.25. The molecule has 0 fully saturated rings. The molecule has 1 aromatic heterocycles. The molecule has 0 saturated carbocycles. The molecule has 8 aromatic rings. The smallest absolute Gasteiger partial charge is 0.143 e. The highest BCUT2D eigenvalue weighted by Crippen LogP contribution is 2.49. The molecule has 0 bridgehead atoms.